The summed E-state index contributed by atoms with van der Waals surface area (Å²) in [6.07, 6.45) is 1.02. The first-order valence-electron chi connectivity index (χ1n) is 5.95. The third-order valence-corrected chi connectivity index (χ3v) is 4.66. The Balaban J connectivity index is 2.28. The van der Waals surface area contributed by atoms with Crippen LogP contribution in [0.2, 0.25) is 0 Å². The highest BCUT2D eigenvalue weighted by molar-refractivity contribution is 7.99. The van der Waals surface area contributed by atoms with E-state index >= 15 is 0 Å². The van der Waals surface area contributed by atoms with E-state index in [4.69, 9.17) is 11.6 Å². The van der Waals surface area contributed by atoms with E-state index in [-0.39, 0.29) is 17.5 Å². The summed E-state index contributed by atoms with van der Waals surface area (Å²) >= 11 is 7.83. The lowest BCUT2D eigenvalue weighted by molar-refractivity contribution is 0.520. The van der Waals surface area contributed by atoms with Crippen LogP contribution in [-0.4, -0.2) is 21.1 Å². The zero-order valence-electron chi connectivity index (χ0n) is 9.80. The molecular formula is C13H13ClN2OS. The first kappa shape index (κ1) is 12.1. The summed E-state index contributed by atoms with van der Waals surface area (Å²) in [5.74, 6) is 3.05. The van der Waals surface area contributed by atoms with Crippen LogP contribution in [0, 0.1) is 0 Å². The molecule has 2 heterocycles. The van der Waals surface area contributed by atoms with E-state index < -0.39 is 0 Å². The Bertz CT molecular complexity index is 634. The Labute approximate surface area is 114 Å². The molecule has 2 aromatic rings. The van der Waals surface area contributed by atoms with Gasteiger partial charge in [-0.3, -0.25) is 9.36 Å². The molecule has 1 aliphatic heterocycles. The lowest BCUT2D eigenvalue weighted by Crippen LogP contribution is -2.29. The molecule has 0 spiro atoms. The second-order valence-electron chi connectivity index (χ2n) is 4.37. The van der Waals surface area contributed by atoms with Gasteiger partial charge >= 0.3 is 0 Å². The number of nitrogens with zero attached hydrogens (tertiary/aromatic N) is 2. The topological polar surface area (TPSA) is 34.9 Å². The molecule has 1 saturated heterocycles. The maximum atomic E-state index is 12.6. The van der Waals surface area contributed by atoms with Gasteiger partial charge in [0.25, 0.3) is 5.56 Å². The average molecular weight is 281 g/mol. The maximum absolute atomic E-state index is 12.6. The van der Waals surface area contributed by atoms with Crippen LogP contribution in [0.4, 0.5) is 0 Å². The summed E-state index contributed by atoms with van der Waals surface area (Å²) in [6, 6.07) is 7.71. The number of rotatable bonds is 2. The zero-order chi connectivity index (χ0) is 12.5. The van der Waals surface area contributed by atoms with Crippen molar-refractivity contribution in [1.29, 1.82) is 0 Å². The van der Waals surface area contributed by atoms with Crippen molar-refractivity contribution in [2.75, 3.05) is 11.5 Å². The number of alkyl halides is 1. The van der Waals surface area contributed by atoms with Crippen LogP contribution < -0.4 is 5.56 Å². The molecule has 1 fully saturated rings. The standard InChI is InChI=1S/C13H13ClN2OS/c14-7-12-15-11-4-2-1-3-10(11)13(17)16(12)9-5-6-18-8-9/h1-4,9H,5-8H2. The number of aromatic nitrogens is 2. The molecule has 5 heteroatoms. The van der Waals surface area contributed by atoms with E-state index in [0.717, 1.165) is 23.4 Å². The van der Waals surface area contributed by atoms with E-state index in [1.807, 2.05) is 36.0 Å². The molecule has 1 atom stereocenters. The quantitative estimate of drug-likeness (QED) is 0.794. The maximum Gasteiger partial charge on any atom is 0.261 e. The van der Waals surface area contributed by atoms with E-state index in [2.05, 4.69) is 4.98 Å². The molecule has 0 saturated carbocycles. The molecule has 0 amide bonds. The van der Waals surface area contributed by atoms with Gasteiger partial charge in [-0.15, -0.1) is 11.6 Å². The van der Waals surface area contributed by atoms with Crippen molar-refractivity contribution in [2.45, 2.75) is 18.3 Å². The predicted molar refractivity (Wildman–Crippen MR) is 76.5 cm³/mol. The van der Waals surface area contributed by atoms with E-state index in [1.54, 1.807) is 4.57 Å². The molecule has 1 aromatic carbocycles. The van der Waals surface area contributed by atoms with E-state index in [9.17, 15) is 4.79 Å². The number of para-hydroxylation sites is 1. The summed E-state index contributed by atoms with van der Waals surface area (Å²) in [5, 5.41) is 0.684. The van der Waals surface area contributed by atoms with Crippen molar-refractivity contribution < 1.29 is 0 Å². The van der Waals surface area contributed by atoms with Crippen LogP contribution in [0.5, 0.6) is 0 Å². The molecular weight excluding hydrogens is 268 g/mol. The third-order valence-electron chi connectivity index (χ3n) is 3.27. The van der Waals surface area contributed by atoms with Crippen LogP contribution in [0.25, 0.3) is 10.9 Å². The van der Waals surface area contributed by atoms with Gasteiger partial charge in [-0.25, -0.2) is 4.98 Å². The molecule has 18 heavy (non-hydrogen) atoms. The second-order valence-corrected chi connectivity index (χ2v) is 5.79. The van der Waals surface area contributed by atoms with E-state index in [1.165, 1.54) is 0 Å². The van der Waals surface area contributed by atoms with Crippen molar-refractivity contribution >= 4 is 34.3 Å². The van der Waals surface area contributed by atoms with Gasteiger partial charge in [0.1, 0.15) is 5.82 Å². The van der Waals surface area contributed by atoms with Crippen LogP contribution >= 0.6 is 23.4 Å². The minimum absolute atomic E-state index is 0.0451. The van der Waals surface area contributed by atoms with Crippen molar-refractivity contribution in [3.05, 3.63) is 40.4 Å². The minimum Gasteiger partial charge on any atom is -0.291 e. The summed E-state index contributed by atoms with van der Waals surface area (Å²) < 4.78 is 1.80. The Hall–Kier alpha value is -1.000. The zero-order valence-corrected chi connectivity index (χ0v) is 11.4. The highest BCUT2D eigenvalue weighted by Gasteiger charge is 2.22. The summed E-state index contributed by atoms with van der Waals surface area (Å²) in [7, 11) is 0. The van der Waals surface area contributed by atoms with Crippen molar-refractivity contribution in [3.8, 4) is 0 Å². The number of thioether (sulfide) groups is 1. The van der Waals surface area contributed by atoms with Gasteiger partial charge in [0.2, 0.25) is 0 Å². The first-order chi connectivity index (χ1) is 8.81. The van der Waals surface area contributed by atoms with Gasteiger partial charge in [-0.05, 0) is 24.3 Å². The van der Waals surface area contributed by atoms with Gasteiger partial charge in [0.05, 0.1) is 16.8 Å². The van der Waals surface area contributed by atoms with Crippen molar-refractivity contribution in [3.63, 3.8) is 0 Å². The molecule has 0 aliphatic carbocycles. The lowest BCUT2D eigenvalue weighted by Gasteiger charge is -2.17. The molecule has 94 valence electrons. The highest BCUT2D eigenvalue weighted by Crippen LogP contribution is 2.28. The Morgan fingerprint density at radius 1 is 1.44 bits per heavy atom. The fourth-order valence-electron chi connectivity index (χ4n) is 2.39. The van der Waals surface area contributed by atoms with Gasteiger partial charge in [-0.2, -0.15) is 11.8 Å². The van der Waals surface area contributed by atoms with Crippen molar-refractivity contribution in [2.24, 2.45) is 0 Å². The summed E-state index contributed by atoms with van der Waals surface area (Å²) in [5.41, 5.74) is 0.781. The minimum atomic E-state index is 0.0451. The fourth-order valence-corrected chi connectivity index (χ4v) is 3.77. The van der Waals surface area contributed by atoms with Crippen molar-refractivity contribution in [1.82, 2.24) is 9.55 Å². The first-order valence-corrected chi connectivity index (χ1v) is 7.64. The highest BCUT2D eigenvalue weighted by atomic mass is 35.5. The SMILES string of the molecule is O=c1c2ccccc2nc(CCl)n1C1CCSC1. The Morgan fingerprint density at radius 2 is 2.28 bits per heavy atom. The number of halogens is 1. The van der Waals surface area contributed by atoms with Gasteiger partial charge in [0, 0.05) is 11.8 Å². The van der Waals surface area contributed by atoms with Gasteiger partial charge in [0.15, 0.2) is 0 Å². The van der Waals surface area contributed by atoms with E-state index in [0.29, 0.717) is 11.2 Å². The molecule has 0 radical (unpaired) electrons. The smallest absolute Gasteiger partial charge is 0.261 e. The number of hydrogen-bond acceptors (Lipinski definition) is 3. The predicted octanol–water partition coefficient (Wildman–Crippen LogP) is 2.81. The largest absolute Gasteiger partial charge is 0.291 e. The third kappa shape index (κ3) is 1.93. The number of hydrogen-bond donors (Lipinski definition) is 0. The summed E-state index contributed by atoms with van der Waals surface area (Å²) in [4.78, 5) is 17.1. The molecule has 3 rings (SSSR count). The summed E-state index contributed by atoms with van der Waals surface area (Å²) in [6.45, 7) is 0. The average Bonchev–Trinajstić information content (AvgIpc) is 2.92. The Kier molecular flexibility index (Phi) is 3.31. The normalized spacial score (nSPS) is 19.5. The molecule has 3 nitrogen and oxygen atoms in total. The van der Waals surface area contributed by atoms with Gasteiger partial charge < -0.3 is 0 Å². The molecule has 1 aromatic heterocycles. The second kappa shape index (κ2) is 4.94. The monoisotopic (exact) mass is 280 g/mol. The van der Waals surface area contributed by atoms with Crippen LogP contribution in [0.15, 0.2) is 29.1 Å². The molecule has 1 aliphatic rings. The Morgan fingerprint density at radius 3 is 3.00 bits per heavy atom. The molecule has 0 bridgehead atoms. The van der Waals surface area contributed by atoms with Crippen LogP contribution in [0.1, 0.15) is 18.3 Å². The fraction of sp³-hybridized carbons (Fsp3) is 0.385. The number of fused-ring (bicyclic) bond motifs is 1. The van der Waals surface area contributed by atoms with Gasteiger partial charge in [-0.1, -0.05) is 12.1 Å². The molecule has 0 N–H and O–H groups in total. The van der Waals surface area contributed by atoms with Crippen LogP contribution in [0.3, 0.4) is 0 Å². The lowest BCUT2D eigenvalue weighted by atomic mass is 10.2. The molecule has 1 unspecified atom stereocenters. The van der Waals surface area contributed by atoms with Crippen LogP contribution in [-0.2, 0) is 5.88 Å². The number of benzene rings is 1.